The summed E-state index contributed by atoms with van der Waals surface area (Å²) in [5.41, 5.74) is 0. The smallest absolute Gasteiger partial charge is 0.203 e. The van der Waals surface area contributed by atoms with E-state index in [-0.39, 0.29) is 6.29 Å². The molecule has 0 radical (unpaired) electrons. The van der Waals surface area contributed by atoms with Gasteiger partial charge in [0.2, 0.25) is 6.29 Å². The summed E-state index contributed by atoms with van der Waals surface area (Å²) in [6.45, 7) is 2.03. The molecule has 1 aliphatic heterocycles. The maximum atomic E-state index is 8.49. The number of methoxy groups -OCH3 is 1. The SMILES string of the molecule is CO[C@@H]1OC(C#N)=CC[C@H]1C. The van der Waals surface area contributed by atoms with E-state index >= 15 is 0 Å². The molecule has 11 heavy (non-hydrogen) atoms. The Morgan fingerprint density at radius 2 is 2.55 bits per heavy atom. The van der Waals surface area contributed by atoms with Crippen molar-refractivity contribution < 1.29 is 9.47 Å². The summed E-state index contributed by atoms with van der Waals surface area (Å²) in [5, 5.41) is 8.49. The molecule has 0 bridgehead atoms. The topological polar surface area (TPSA) is 42.2 Å². The Balaban J connectivity index is 2.62. The second kappa shape index (κ2) is 3.40. The van der Waals surface area contributed by atoms with E-state index in [0.29, 0.717) is 11.7 Å². The predicted molar refractivity (Wildman–Crippen MR) is 39.4 cm³/mol. The summed E-state index contributed by atoms with van der Waals surface area (Å²) >= 11 is 0. The average molecular weight is 153 g/mol. The molecule has 0 amide bonds. The van der Waals surface area contributed by atoms with Gasteiger partial charge in [0.25, 0.3) is 0 Å². The summed E-state index contributed by atoms with van der Waals surface area (Å²) in [6.07, 6.45) is 2.39. The van der Waals surface area contributed by atoms with Crippen LogP contribution in [0.4, 0.5) is 0 Å². The zero-order chi connectivity index (χ0) is 8.27. The molecule has 0 aromatic rings. The molecule has 0 aromatic heterocycles. The maximum Gasteiger partial charge on any atom is 0.203 e. The quantitative estimate of drug-likeness (QED) is 0.572. The molecule has 3 nitrogen and oxygen atoms in total. The minimum absolute atomic E-state index is 0.255. The van der Waals surface area contributed by atoms with Crippen LogP contribution in [0.25, 0.3) is 0 Å². The van der Waals surface area contributed by atoms with Gasteiger partial charge in [-0.3, -0.25) is 0 Å². The van der Waals surface area contributed by atoms with Gasteiger partial charge in [0.15, 0.2) is 5.76 Å². The highest BCUT2D eigenvalue weighted by molar-refractivity contribution is 5.15. The van der Waals surface area contributed by atoms with Gasteiger partial charge in [-0.05, 0) is 12.5 Å². The Labute approximate surface area is 66.2 Å². The lowest BCUT2D eigenvalue weighted by atomic mass is 10.1. The van der Waals surface area contributed by atoms with Crippen LogP contribution in [0.2, 0.25) is 0 Å². The van der Waals surface area contributed by atoms with Gasteiger partial charge in [0, 0.05) is 13.0 Å². The average Bonchev–Trinajstić information content (AvgIpc) is 2.05. The number of hydrogen-bond acceptors (Lipinski definition) is 3. The fourth-order valence-electron chi connectivity index (χ4n) is 1.05. The Hall–Kier alpha value is -1.01. The molecule has 3 heteroatoms. The third-order valence-corrected chi connectivity index (χ3v) is 1.73. The number of rotatable bonds is 1. The number of nitriles is 1. The highest BCUT2D eigenvalue weighted by atomic mass is 16.7. The number of hydrogen-bond donors (Lipinski definition) is 0. The van der Waals surface area contributed by atoms with Gasteiger partial charge >= 0.3 is 0 Å². The van der Waals surface area contributed by atoms with Crippen molar-refractivity contribution in [3.63, 3.8) is 0 Å². The zero-order valence-corrected chi connectivity index (χ0v) is 6.70. The second-order valence-corrected chi connectivity index (χ2v) is 2.62. The predicted octanol–water partition coefficient (Wildman–Crippen LogP) is 1.42. The lowest BCUT2D eigenvalue weighted by Gasteiger charge is -2.25. The van der Waals surface area contributed by atoms with Crippen molar-refractivity contribution >= 4 is 0 Å². The molecule has 1 heterocycles. The van der Waals surface area contributed by atoms with Gasteiger partial charge in [-0.1, -0.05) is 6.92 Å². The molecule has 60 valence electrons. The molecule has 0 saturated heterocycles. The molecule has 2 atom stereocenters. The molecule has 0 N–H and O–H groups in total. The minimum Gasteiger partial charge on any atom is -0.455 e. The van der Waals surface area contributed by atoms with E-state index in [0.717, 1.165) is 6.42 Å². The van der Waals surface area contributed by atoms with Crippen molar-refractivity contribution in [3.8, 4) is 6.07 Å². The van der Waals surface area contributed by atoms with E-state index in [1.54, 1.807) is 13.2 Å². The molecular formula is C8H11NO2. The minimum atomic E-state index is -0.255. The molecule has 0 spiro atoms. The molecule has 1 aliphatic rings. The van der Waals surface area contributed by atoms with Gasteiger partial charge in [-0.25, -0.2) is 0 Å². The van der Waals surface area contributed by atoms with Crippen molar-refractivity contribution in [2.24, 2.45) is 5.92 Å². The van der Waals surface area contributed by atoms with E-state index in [4.69, 9.17) is 14.7 Å². The molecule has 0 fully saturated rings. The van der Waals surface area contributed by atoms with Crippen molar-refractivity contribution in [3.05, 3.63) is 11.8 Å². The third kappa shape index (κ3) is 1.72. The summed E-state index contributed by atoms with van der Waals surface area (Å²) in [6, 6.07) is 1.95. The Morgan fingerprint density at radius 1 is 1.82 bits per heavy atom. The van der Waals surface area contributed by atoms with Gasteiger partial charge in [0.1, 0.15) is 6.07 Å². The van der Waals surface area contributed by atoms with Crippen molar-refractivity contribution in [2.75, 3.05) is 7.11 Å². The largest absolute Gasteiger partial charge is 0.455 e. The summed E-state index contributed by atoms with van der Waals surface area (Å²) in [7, 11) is 1.58. The summed E-state index contributed by atoms with van der Waals surface area (Å²) < 4.78 is 10.2. The molecule has 0 saturated carbocycles. The summed E-state index contributed by atoms with van der Waals surface area (Å²) in [4.78, 5) is 0. The molecule has 0 unspecified atom stereocenters. The van der Waals surface area contributed by atoms with Crippen LogP contribution in [0.5, 0.6) is 0 Å². The molecule has 0 aromatic carbocycles. The monoisotopic (exact) mass is 153 g/mol. The van der Waals surface area contributed by atoms with Crippen LogP contribution < -0.4 is 0 Å². The van der Waals surface area contributed by atoms with Crippen LogP contribution in [0.3, 0.4) is 0 Å². The lowest BCUT2D eigenvalue weighted by molar-refractivity contribution is -0.128. The normalized spacial score (nSPS) is 30.1. The molecule has 1 rings (SSSR count). The van der Waals surface area contributed by atoms with Gasteiger partial charge in [-0.15, -0.1) is 0 Å². The first-order chi connectivity index (χ1) is 5.27. The Morgan fingerprint density at radius 3 is 3.09 bits per heavy atom. The maximum absolute atomic E-state index is 8.49. The third-order valence-electron chi connectivity index (χ3n) is 1.73. The number of nitrogens with zero attached hydrogens (tertiary/aromatic N) is 1. The standard InChI is InChI=1S/C8H11NO2/c1-6-3-4-7(5-9)11-8(6)10-2/h4,6,8H,3H2,1-2H3/t6-,8-/m1/s1. The van der Waals surface area contributed by atoms with E-state index in [1.165, 1.54) is 0 Å². The summed E-state index contributed by atoms with van der Waals surface area (Å²) in [5.74, 6) is 0.701. The highest BCUT2D eigenvalue weighted by Crippen LogP contribution is 2.22. The lowest BCUT2D eigenvalue weighted by Crippen LogP contribution is -2.26. The molecule has 0 aliphatic carbocycles. The van der Waals surface area contributed by atoms with Gasteiger partial charge in [0.05, 0.1) is 0 Å². The van der Waals surface area contributed by atoms with Gasteiger partial charge < -0.3 is 9.47 Å². The van der Waals surface area contributed by atoms with E-state index in [2.05, 4.69) is 0 Å². The molecular weight excluding hydrogens is 142 g/mol. The highest BCUT2D eigenvalue weighted by Gasteiger charge is 2.22. The Kier molecular flexibility index (Phi) is 2.50. The zero-order valence-electron chi connectivity index (χ0n) is 6.70. The first-order valence-electron chi connectivity index (χ1n) is 3.57. The first-order valence-corrected chi connectivity index (χ1v) is 3.57. The van der Waals surface area contributed by atoms with Crippen molar-refractivity contribution in [1.29, 1.82) is 5.26 Å². The second-order valence-electron chi connectivity index (χ2n) is 2.62. The van der Waals surface area contributed by atoms with Crippen molar-refractivity contribution in [2.45, 2.75) is 19.6 Å². The van der Waals surface area contributed by atoms with Crippen LogP contribution in [-0.2, 0) is 9.47 Å². The fraction of sp³-hybridized carbons (Fsp3) is 0.625. The van der Waals surface area contributed by atoms with E-state index in [1.807, 2.05) is 13.0 Å². The van der Waals surface area contributed by atoms with Crippen LogP contribution in [0.1, 0.15) is 13.3 Å². The van der Waals surface area contributed by atoms with Crippen LogP contribution in [0.15, 0.2) is 11.8 Å². The van der Waals surface area contributed by atoms with E-state index in [9.17, 15) is 0 Å². The number of allylic oxidation sites excluding steroid dienone is 2. The van der Waals surface area contributed by atoms with Crippen LogP contribution in [-0.4, -0.2) is 13.4 Å². The van der Waals surface area contributed by atoms with Gasteiger partial charge in [-0.2, -0.15) is 5.26 Å². The first kappa shape index (κ1) is 8.09. The van der Waals surface area contributed by atoms with E-state index < -0.39 is 0 Å². The van der Waals surface area contributed by atoms with Crippen LogP contribution in [0, 0.1) is 17.2 Å². The Bertz CT molecular complexity index is 205. The van der Waals surface area contributed by atoms with Crippen LogP contribution >= 0.6 is 0 Å². The fourth-order valence-corrected chi connectivity index (χ4v) is 1.05. The number of ether oxygens (including phenoxy) is 2. The van der Waals surface area contributed by atoms with Crippen molar-refractivity contribution in [1.82, 2.24) is 0 Å².